The maximum atomic E-state index is 13.6. The highest BCUT2D eigenvalue weighted by atomic mass is 16.5. The molecule has 286 valence electrons. The zero-order valence-electron chi connectivity index (χ0n) is 32.1. The summed E-state index contributed by atoms with van der Waals surface area (Å²) in [4.78, 5) is 53.8. The molecule has 5 aromatic rings. The van der Waals surface area contributed by atoms with Gasteiger partial charge in [-0.1, -0.05) is 62.4 Å². The molecule has 0 radical (unpaired) electrons. The van der Waals surface area contributed by atoms with Crippen molar-refractivity contribution >= 4 is 23.3 Å². The van der Waals surface area contributed by atoms with Gasteiger partial charge in [-0.05, 0) is 89.8 Å². The summed E-state index contributed by atoms with van der Waals surface area (Å²) in [7, 11) is 1.31. The van der Waals surface area contributed by atoms with Crippen molar-refractivity contribution in [3.63, 3.8) is 0 Å². The molecule has 0 spiro atoms. The Morgan fingerprint density at radius 3 is 2.04 bits per heavy atom. The second kappa shape index (κ2) is 15.0. The lowest BCUT2D eigenvalue weighted by Crippen LogP contribution is -2.53. The first-order valence-electron chi connectivity index (χ1n) is 20.0. The third-order valence-electron chi connectivity index (χ3n) is 12.6. The van der Waals surface area contributed by atoms with Gasteiger partial charge in [-0.25, -0.2) is 14.8 Å². The number of amides is 2. The van der Waals surface area contributed by atoms with E-state index >= 15 is 0 Å². The number of imidazole rings is 2. The fraction of sp³-hybridized carbons (Fsp3) is 0.378. The number of methoxy groups -OCH3 is 1. The monoisotopic (exact) mass is 748 g/mol. The van der Waals surface area contributed by atoms with Crippen molar-refractivity contribution in [2.75, 3.05) is 13.7 Å². The molecule has 2 aromatic carbocycles. The summed E-state index contributed by atoms with van der Waals surface area (Å²) in [6.07, 6.45) is 15.1. The Morgan fingerprint density at radius 1 is 0.804 bits per heavy atom. The molecule has 2 aliphatic heterocycles. The average molecular weight is 749 g/mol. The number of nitrogens with one attached hydrogen (secondary N) is 3. The molecule has 2 aliphatic carbocycles. The Hall–Kier alpha value is -5.84. The fourth-order valence-corrected chi connectivity index (χ4v) is 9.71. The minimum absolute atomic E-state index is 0.0679. The predicted octanol–water partition coefficient (Wildman–Crippen LogP) is 8.38. The van der Waals surface area contributed by atoms with Crippen LogP contribution < -0.4 is 5.32 Å². The number of aromatic amines is 2. The van der Waals surface area contributed by atoms with Gasteiger partial charge in [-0.2, -0.15) is 0 Å². The molecular weight excluding hydrogens is 701 g/mol. The van der Waals surface area contributed by atoms with Crippen LogP contribution in [0.2, 0.25) is 0 Å². The number of nitrogens with zero attached hydrogens (tertiary/aromatic N) is 5. The smallest absolute Gasteiger partial charge is 0.407 e. The standard InChI is InChI=1S/C45H48N8O3/c1-26(2)41(52-45(55)56-3)44(54)53-19-5-7-38(53)35-21-34(23-47-35)29-10-8-27(9-11-29)28-12-14-30(15-13-28)36-24-48-42(50-36)39-31-16-17-32(20-31)40(39)43-49-25-37(51-43)33-6-4-18-46-22-33/h4,6,8-15,18,22-26,31-32,38-41H,5,7,16-17,19-21H2,1-3H3,(H,48,50)(H,49,51)(H,52,55)/t31?,32?,38-,39?,40-,41-/m0/s1. The van der Waals surface area contributed by atoms with Crippen LogP contribution in [0.25, 0.3) is 39.2 Å². The molecule has 11 heteroatoms. The summed E-state index contributed by atoms with van der Waals surface area (Å²) in [5.41, 5.74) is 9.76. The van der Waals surface area contributed by atoms with Crippen molar-refractivity contribution in [2.45, 2.75) is 76.3 Å². The number of aromatic nitrogens is 5. The summed E-state index contributed by atoms with van der Waals surface area (Å²) in [5, 5.41) is 2.73. The van der Waals surface area contributed by atoms with Gasteiger partial charge in [0.2, 0.25) is 5.91 Å². The van der Waals surface area contributed by atoms with Gasteiger partial charge < -0.3 is 24.9 Å². The summed E-state index contributed by atoms with van der Waals surface area (Å²) in [6, 6.07) is 20.6. The molecule has 3 unspecified atom stereocenters. The zero-order valence-corrected chi connectivity index (χ0v) is 32.1. The molecule has 2 saturated carbocycles. The summed E-state index contributed by atoms with van der Waals surface area (Å²) in [5.74, 6) is 3.84. The summed E-state index contributed by atoms with van der Waals surface area (Å²) < 4.78 is 4.78. The van der Waals surface area contributed by atoms with Gasteiger partial charge in [0.1, 0.15) is 17.7 Å². The van der Waals surface area contributed by atoms with Crippen LogP contribution in [0.4, 0.5) is 4.79 Å². The van der Waals surface area contributed by atoms with Crippen molar-refractivity contribution in [3.05, 3.63) is 109 Å². The molecule has 5 heterocycles. The van der Waals surface area contributed by atoms with E-state index in [1.54, 1.807) is 6.20 Å². The van der Waals surface area contributed by atoms with Crippen molar-refractivity contribution in [1.82, 2.24) is 35.1 Å². The molecule has 3 fully saturated rings. The van der Waals surface area contributed by atoms with E-state index in [2.05, 4.69) is 74.9 Å². The van der Waals surface area contributed by atoms with E-state index in [1.165, 1.54) is 26.4 Å². The van der Waals surface area contributed by atoms with Gasteiger partial charge in [-0.3, -0.25) is 14.8 Å². The Morgan fingerprint density at radius 2 is 1.43 bits per heavy atom. The molecule has 3 aromatic heterocycles. The molecular formula is C45H48N8O3. The topological polar surface area (TPSA) is 141 Å². The van der Waals surface area contributed by atoms with E-state index in [0.717, 1.165) is 75.0 Å². The number of hydrogen-bond acceptors (Lipinski definition) is 7. The first kappa shape index (κ1) is 35.8. The molecule has 2 amide bonds. The molecule has 1 saturated heterocycles. The first-order valence-corrected chi connectivity index (χ1v) is 20.0. The molecule has 2 bridgehead atoms. The number of H-pyrrole nitrogens is 2. The fourth-order valence-electron chi connectivity index (χ4n) is 9.71. The number of fused-ring (bicyclic) bond motifs is 2. The normalized spacial score (nSPS) is 23.4. The minimum atomic E-state index is -0.642. The lowest BCUT2D eigenvalue weighted by Gasteiger charge is -2.31. The van der Waals surface area contributed by atoms with Crippen LogP contribution in [0, 0.1) is 17.8 Å². The average Bonchev–Trinajstić information content (AvgIpc) is 4.10. The Bertz CT molecular complexity index is 2270. The van der Waals surface area contributed by atoms with Crippen molar-refractivity contribution < 1.29 is 14.3 Å². The molecule has 3 N–H and O–H groups in total. The van der Waals surface area contributed by atoms with E-state index in [-0.39, 0.29) is 17.9 Å². The third-order valence-corrected chi connectivity index (χ3v) is 12.6. The number of hydrogen-bond donors (Lipinski definition) is 3. The van der Waals surface area contributed by atoms with Gasteiger partial charge in [0.25, 0.3) is 0 Å². The number of aliphatic imine (C=N–C) groups is 1. The molecule has 9 rings (SSSR count). The first-order chi connectivity index (χ1) is 27.3. The number of likely N-dealkylation sites (tertiary alicyclic amines) is 1. The van der Waals surface area contributed by atoms with Crippen LogP contribution in [-0.4, -0.2) is 73.3 Å². The van der Waals surface area contributed by atoms with Crippen LogP contribution in [0.5, 0.6) is 0 Å². The Labute approximate surface area is 327 Å². The van der Waals surface area contributed by atoms with Crippen LogP contribution in [0.15, 0.2) is 96.6 Å². The van der Waals surface area contributed by atoms with Crippen molar-refractivity contribution in [2.24, 2.45) is 22.7 Å². The zero-order chi connectivity index (χ0) is 38.3. The highest BCUT2D eigenvalue weighted by Gasteiger charge is 2.51. The number of allylic oxidation sites excluding steroid dienone is 1. The van der Waals surface area contributed by atoms with Gasteiger partial charge in [0.15, 0.2) is 0 Å². The highest BCUT2D eigenvalue weighted by molar-refractivity contribution is 6.03. The minimum Gasteiger partial charge on any atom is -0.453 e. The number of carbonyl (C=O) groups excluding carboxylic acids is 2. The lowest BCUT2D eigenvalue weighted by atomic mass is 9.78. The summed E-state index contributed by atoms with van der Waals surface area (Å²) >= 11 is 0. The number of carbonyl (C=O) groups is 2. The summed E-state index contributed by atoms with van der Waals surface area (Å²) in [6.45, 7) is 4.52. The van der Waals surface area contributed by atoms with Gasteiger partial charge in [0, 0.05) is 54.7 Å². The van der Waals surface area contributed by atoms with E-state index in [1.807, 2.05) is 49.6 Å². The molecule has 6 atom stereocenters. The second-order valence-corrected chi connectivity index (χ2v) is 16.1. The molecule has 56 heavy (non-hydrogen) atoms. The van der Waals surface area contributed by atoms with E-state index in [9.17, 15) is 9.59 Å². The predicted molar refractivity (Wildman–Crippen MR) is 217 cm³/mol. The molecule has 11 nitrogen and oxygen atoms in total. The van der Waals surface area contributed by atoms with Gasteiger partial charge in [0.05, 0.1) is 36.9 Å². The number of alkyl carbamates (subject to hydrolysis) is 1. The highest BCUT2D eigenvalue weighted by Crippen LogP contribution is 2.60. The second-order valence-electron chi connectivity index (χ2n) is 16.1. The lowest BCUT2D eigenvalue weighted by molar-refractivity contribution is -0.134. The third kappa shape index (κ3) is 6.73. The van der Waals surface area contributed by atoms with Crippen LogP contribution >= 0.6 is 0 Å². The van der Waals surface area contributed by atoms with E-state index in [0.29, 0.717) is 36.6 Å². The van der Waals surface area contributed by atoms with Crippen molar-refractivity contribution in [3.8, 4) is 33.6 Å². The maximum Gasteiger partial charge on any atom is 0.407 e. The van der Waals surface area contributed by atoms with Crippen LogP contribution in [0.1, 0.15) is 81.4 Å². The number of rotatable bonds is 10. The van der Waals surface area contributed by atoms with Gasteiger partial charge >= 0.3 is 6.09 Å². The molecule has 4 aliphatic rings. The Balaban J connectivity index is 0.846. The van der Waals surface area contributed by atoms with Crippen LogP contribution in [0.3, 0.4) is 0 Å². The van der Waals surface area contributed by atoms with E-state index in [4.69, 9.17) is 19.7 Å². The number of benzene rings is 2. The van der Waals surface area contributed by atoms with Crippen molar-refractivity contribution in [1.29, 1.82) is 0 Å². The van der Waals surface area contributed by atoms with Gasteiger partial charge in [-0.15, -0.1) is 0 Å². The SMILES string of the molecule is COC(=O)N[C@H](C(=O)N1CCC[C@H]1C1=NC=C(c2ccc(-c3ccc(-c4cnc(C5C6CCC(C6)[C@@H]5c5ncc(-c6cccnc6)[nH]5)[nH]4)cc3)cc2)C1)C(C)C. The van der Waals surface area contributed by atoms with Crippen LogP contribution in [-0.2, 0) is 9.53 Å². The number of pyridine rings is 1. The largest absolute Gasteiger partial charge is 0.453 e. The quantitative estimate of drug-likeness (QED) is 0.131. The Kier molecular flexibility index (Phi) is 9.60. The van der Waals surface area contributed by atoms with E-state index < -0.39 is 12.1 Å². The number of ether oxygens (including phenoxy) is 1. The maximum absolute atomic E-state index is 13.6.